The third-order valence-electron chi connectivity index (χ3n) is 4.90. The zero-order valence-electron chi connectivity index (χ0n) is 12.9. The van der Waals surface area contributed by atoms with Crippen LogP contribution < -0.4 is 0 Å². The molecule has 0 saturated carbocycles. The number of aliphatic carboxylic acids is 1. The Kier molecular flexibility index (Phi) is 5.20. The van der Waals surface area contributed by atoms with Crippen LogP contribution in [0, 0.1) is 5.92 Å². The van der Waals surface area contributed by atoms with Gasteiger partial charge in [-0.15, -0.1) is 0 Å². The zero-order valence-corrected chi connectivity index (χ0v) is 12.9. The van der Waals surface area contributed by atoms with Gasteiger partial charge in [-0.3, -0.25) is 14.6 Å². The van der Waals surface area contributed by atoms with Gasteiger partial charge < -0.3 is 5.11 Å². The number of carboxylic acids is 1. The van der Waals surface area contributed by atoms with Gasteiger partial charge in [0.1, 0.15) is 6.04 Å². The number of piperidine rings is 1. The lowest BCUT2D eigenvalue weighted by molar-refractivity contribution is -0.148. The van der Waals surface area contributed by atoms with Crippen molar-refractivity contribution in [3.05, 3.63) is 0 Å². The summed E-state index contributed by atoms with van der Waals surface area (Å²) in [4.78, 5) is 15.5. The van der Waals surface area contributed by atoms with Crippen molar-refractivity contribution in [2.75, 3.05) is 26.2 Å². The van der Waals surface area contributed by atoms with Crippen LogP contribution in [0.1, 0.15) is 39.5 Å². The quantitative estimate of drug-likeness (QED) is 0.846. The summed E-state index contributed by atoms with van der Waals surface area (Å²) in [6.07, 6.45) is 1.34. The molecule has 2 heterocycles. The first-order chi connectivity index (χ1) is 9.85. The number of rotatable bonds is 5. The van der Waals surface area contributed by atoms with Crippen molar-refractivity contribution in [3.63, 3.8) is 0 Å². The van der Waals surface area contributed by atoms with Gasteiger partial charge >= 0.3 is 5.97 Å². The summed E-state index contributed by atoms with van der Waals surface area (Å²) in [5.74, 6) is -0.778. The van der Waals surface area contributed by atoms with E-state index >= 15 is 0 Å². The molecular weight excluding hydrogens is 278 g/mol. The van der Waals surface area contributed by atoms with Gasteiger partial charge in [-0.1, -0.05) is 13.8 Å². The summed E-state index contributed by atoms with van der Waals surface area (Å²) in [5, 5.41) is 9.55. The lowest BCUT2D eigenvalue weighted by atomic mass is 9.84. The van der Waals surface area contributed by atoms with Crippen LogP contribution in [0.3, 0.4) is 0 Å². The molecule has 0 amide bonds. The van der Waals surface area contributed by atoms with E-state index in [0.717, 1.165) is 32.2 Å². The topological polar surface area (TPSA) is 43.8 Å². The number of hydrogen-bond donors (Lipinski definition) is 1. The smallest absolute Gasteiger partial charge is 0.321 e. The highest BCUT2D eigenvalue weighted by molar-refractivity contribution is 5.74. The predicted octanol–water partition coefficient (Wildman–Crippen LogP) is 2.29. The Morgan fingerprint density at radius 3 is 2.38 bits per heavy atom. The number of alkyl halides is 2. The van der Waals surface area contributed by atoms with Crippen LogP contribution in [-0.4, -0.2) is 65.1 Å². The Hall–Kier alpha value is -0.750. The fourth-order valence-electron chi connectivity index (χ4n) is 4.17. The largest absolute Gasteiger partial charge is 0.480 e. The summed E-state index contributed by atoms with van der Waals surface area (Å²) in [6.45, 7) is 5.68. The molecule has 0 aromatic rings. The van der Waals surface area contributed by atoms with Gasteiger partial charge in [-0.2, -0.15) is 0 Å². The van der Waals surface area contributed by atoms with E-state index in [4.69, 9.17) is 0 Å². The number of carbonyl (C=O) groups is 1. The van der Waals surface area contributed by atoms with E-state index in [-0.39, 0.29) is 18.0 Å². The van der Waals surface area contributed by atoms with Crippen LogP contribution >= 0.6 is 0 Å². The normalized spacial score (nSPS) is 29.6. The van der Waals surface area contributed by atoms with Crippen molar-refractivity contribution in [2.45, 2.75) is 57.5 Å². The molecule has 2 aliphatic rings. The summed E-state index contributed by atoms with van der Waals surface area (Å²) in [7, 11) is 0. The number of hydrogen-bond acceptors (Lipinski definition) is 3. The summed E-state index contributed by atoms with van der Waals surface area (Å²) in [6, 6.07) is -0.515. The van der Waals surface area contributed by atoms with Gasteiger partial charge in [0.25, 0.3) is 6.43 Å². The van der Waals surface area contributed by atoms with Crippen molar-refractivity contribution in [2.24, 2.45) is 5.92 Å². The second-order valence-corrected chi connectivity index (χ2v) is 6.78. The lowest BCUT2D eigenvalue weighted by Gasteiger charge is -2.48. The Morgan fingerprint density at radius 1 is 1.24 bits per heavy atom. The van der Waals surface area contributed by atoms with E-state index in [1.165, 1.54) is 0 Å². The molecular formula is C15H26F2N2O2. The molecule has 122 valence electrons. The van der Waals surface area contributed by atoms with Gasteiger partial charge in [-0.25, -0.2) is 8.78 Å². The van der Waals surface area contributed by atoms with Crippen LogP contribution in [0.5, 0.6) is 0 Å². The maximum Gasteiger partial charge on any atom is 0.321 e. The number of halogens is 2. The zero-order chi connectivity index (χ0) is 15.6. The van der Waals surface area contributed by atoms with Crippen molar-refractivity contribution < 1.29 is 18.7 Å². The van der Waals surface area contributed by atoms with Gasteiger partial charge in [0.2, 0.25) is 0 Å². The molecule has 0 radical (unpaired) electrons. The third kappa shape index (κ3) is 3.54. The molecule has 0 aromatic carbocycles. The highest BCUT2D eigenvalue weighted by Gasteiger charge is 2.49. The first-order valence-electron chi connectivity index (χ1n) is 7.86. The Bertz CT molecular complexity index is 379. The van der Waals surface area contributed by atoms with Gasteiger partial charge in [0.15, 0.2) is 0 Å². The summed E-state index contributed by atoms with van der Waals surface area (Å²) >= 11 is 0. The fourth-order valence-corrected chi connectivity index (χ4v) is 4.17. The average Bonchev–Trinajstić information content (AvgIpc) is 2.71. The van der Waals surface area contributed by atoms with E-state index in [9.17, 15) is 18.7 Å². The molecule has 0 bridgehead atoms. The first-order valence-corrected chi connectivity index (χ1v) is 7.86. The molecule has 0 aliphatic carbocycles. The standard InChI is InChI=1S/C15H26F2N2O2/c1-11(2)13(14(20)21)19-8-4-6-15(19)5-3-7-18(10-15)9-12(16)17/h11-13H,3-10H2,1-2H3,(H,20,21)/t13-,15-/m0/s1. The molecule has 1 spiro atoms. The molecule has 6 heteroatoms. The molecule has 2 atom stereocenters. The number of nitrogens with zero attached hydrogens (tertiary/aromatic N) is 2. The molecule has 21 heavy (non-hydrogen) atoms. The van der Waals surface area contributed by atoms with Gasteiger partial charge in [0.05, 0.1) is 6.54 Å². The molecule has 0 aromatic heterocycles. The number of carboxylic acid groups (broad SMARTS) is 1. The number of likely N-dealkylation sites (tertiary alicyclic amines) is 2. The van der Waals surface area contributed by atoms with Crippen molar-refractivity contribution in [1.82, 2.24) is 9.80 Å². The van der Waals surface area contributed by atoms with Crippen LogP contribution in [0.4, 0.5) is 8.78 Å². The second-order valence-electron chi connectivity index (χ2n) is 6.78. The minimum absolute atomic E-state index is 0.0166. The SMILES string of the molecule is CC(C)[C@@H](C(=O)O)N1CCC[C@]12CCCN(CC(F)F)C2. The minimum Gasteiger partial charge on any atom is -0.480 e. The van der Waals surface area contributed by atoms with E-state index in [0.29, 0.717) is 13.1 Å². The van der Waals surface area contributed by atoms with Gasteiger partial charge in [-0.05, 0) is 44.7 Å². The minimum atomic E-state index is -2.32. The van der Waals surface area contributed by atoms with Crippen LogP contribution in [0.15, 0.2) is 0 Å². The predicted molar refractivity (Wildman–Crippen MR) is 76.6 cm³/mol. The molecule has 0 unspecified atom stereocenters. The highest BCUT2D eigenvalue weighted by Crippen LogP contribution is 2.40. The summed E-state index contributed by atoms with van der Waals surface area (Å²) in [5.41, 5.74) is -0.222. The molecule has 1 N–H and O–H groups in total. The van der Waals surface area contributed by atoms with Crippen molar-refractivity contribution >= 4 is 5.97 Å². The van der Waals surface area contributed by atoms with Crippen LogP contribution in [0.25, 0.3) is 0 Å². The van der Waals surface area contributed by atoms with E-state index in [1.54, 1.807) is 0 Å². The fraction of sp³-hybridized carbons (Fsp3) is 0.933. The van der Waals surface area contributed by atoms with Gasteiger partial charge in [0, 0.05) is 12.1 Å². The highest BCUT2D eigenvalue weighted by atomic mass is 19.3. The van der Waals surface area contributed by atoms with Crippen molar-refractivity contribution in [3.8, 4) is 0 Å². The Labute approximate surface area is 125 Å². The molecule has 2 rings (SSSR count). The van der Waals surface area contributed by atoms with E-state index < -0.39 is 18.4 Å². The monoisotopic (exact) mass is 304 g/mol. The average molecular weight is 304 g/mol. The summed E-state index contributed by atoms with van der Waals surface area (Å²) < 4.78 is 25.3. The molecule has 4 nitrogen and oxygen atoms in total. The van der Waals surface area contributed by atoms with Crippen LogP contribution in [-0.2, 0) is 4.79 Å². The third-order valence-corrected chi connectivity index (χ3v) is 4.90. The molecule has 2 saturated heterocycles. The maximum absolute atomic E-state index is 12.7. The molecule has 2 fully saturated rings. The first kappa shape index (κ1) is 16.6. The van der Waals surface area contributed by atoms with E-state index in [1.807, 2.05) is 18.7 Å². The van der Waals surface area contributed by atoms with Crippen LogP contribution in [0.2, 0.25) is 0 Å². The Balaban J connectivity index is 2.17. The maximum atomic E-state index is 12.7. The molecule has 2 aliphatic heterocycles. The lowest BCUT2D eigenvalue weighted by Crippen LogP contribution is -2.61. The van der Waals surface area contributed by atoms with E-state index in [2.05, 4.69) is 4.90 Å². The Morgan fingerprint density at radius 2 is 1.86 bits per heavy atom. The van der Waals surface area contributed by atoms with Crippen molar-refractivity contribution in [1.29, 1.82) is 0 Å². The second kappa shape index (κ2) is 6.57.